The second-order valence-electron chi connectivity index (χ2n) is 6.10. The maximum Gasteiger partial charge on any atom is 0.344 e. The Kier molecular flexibility index (Phi) is 5.26. The van der Waals surface area contributed by atoms with Crippen molar-refractivity contribution in [3.05, 3.63) is 101 Å². The van der Waals surface area contributed by atoms with Crippen LogP contribution < -0.4 is 4.74 Å². The Morgan fingerprint density at radius 1 is 0.679 bits per heavy atom. The number of rotatable bonds is 4. The van der Waals surface area contributed by atoms with Crippen molar-refractivity contribution in [1.82, 2.24) is 10.2 Å². The van der Waals surface area contributed by atoms with Gasteiger partial charge in [-0.2, -0.15) is 0 Å². The summed E-state index contributed by atoms with van der Waals surface area (Å²) in [4.78, 5) is 12.1. The number of halogens is 1. The zero-order valence-electron chi connectivity index (χ0n) is 14.7. The Labute approximate surface area is 171 Å². The first-order valence-electron chi connectivity index (χ1n) is 8.66. The van der Waals surface area contributed by atoms with Gasteiger partial charge < -0.3 is 4.74 Å². The SMILES string of the molecule is O=C(Oc1ccc(-c2ccc(-c3ccccc3)cc2)nn1)c1ccc(Br)cc1. The third-order valence-electron chi connectivity index (χ3n) is 4.21. The van der Waals surface area contributed by atoms with Gasteiger partial charge >= 0.3 is 5.97 Å². The fraction of sp³-hybridized carbons (Fsp3) is 0. The fourth-order valence-corrected chi connectivity index (χ4v) is 3.00. The van der Waals surface area contributed by atoms with Crippen molar-refractivity contribution < 1.29 is 9.53 Å². The van der Waals surface area contributed by atoms with Crippen LogP contribution in [0, 0.1) is 0 Å². The van der Waals surface area contributed by atoms with E-state index >= 15 is 0 Å². The quantitative estimate of drug-likeness (QED) is 0.384. The number of carbonyl (C=O) groups is 1. The zero-order valence-corrected chi connectivity index (χ0v) is 16.3. The summed E-state index contributed by atoms with van der Waals surface area (Å²) in [6.45, 7) is 0. The molecule has 3 aromatic carbocycles. The summed E-state index contributed by atoms with van der Waals surface area (Å²) in [5.41, 5.74) is 4.40. The van der Waals surface area contributed by atoms with Crippen LogP contribution in [-0.4, -0.2) is 16.2 Å². The van der Waals surface area contributed by atoms with Gasteiger partial charge in [0, 0.05) is 16.1 Å². The molecule has 28 heavy (non-hydrogen) atoms. The number of aromatic nitrogens is 2. The molecule has 0 saturated heterocycles. The number of nitrogens with zero attached hydrogens (tertiary/aromatic N) is 2. The predicted octanol–water partition coefficient (Wildman–Crippen LogP) is 5.79. The Morgan fingerprint density at radius 2 is 1.32 bits per heavy atom. The Balaban J connectivity index is 1.47. The smallest absolute Gasteiger partial charge is 0.344 e. The molecule has 0 aliphatic carbocycles. The second kappa shape index (κ2) is 8.15. The topological polar surface area (TPSA) is 52.1 Å². The van der Waals surface area contributed by atoms with Crippen molar-refractivity contribution in [3.63, 3.8) is 0 Å². The molecule has 0 saturated carbocycles. The van der Waals surface area contributed by atoms with Crippen molar-refractivity contribution in [2.45, 2.75) is 0 Å². The van der Waals surface area contributed by atoms with E-state index in [-0.39, 0.29) is 5.88 Å². The van der Waals surface area contributed by atoms with Crippen molar-refractivity contribution in [3.8, 4) is 28.3 Å². The highest BCUT2D eigenvalue weighted by molar-refractivity contribution is 9.10. The summed E-state index contributed by atoms with van der Waals surface area (Å²) in [6, 6.07) is 28.6. The first kappa shape index (κ1) is 18.1. The summed E-state index contributed by atoms with van der Waals surface area (Å²) in [5, 5.41) is 8.19. The molecule has 1 aromatic heterocycles. The van der Waals surface area contributed by atoms with Gasteiger partial charge in [-0.3, -0.25) is 0 Å². The summed E-state index contributed by atoms with van der Waals surface area (Å²) in [7, 11) is 0. The lowest BCUT2D eigenvalue weighted by Gasteiger charge is -2.06. The molecule has 0 fully saturated rings. The van der Waals surface area contributed by atoms with Gasteiger partial charge in [-0.05, 0) is 41.5 Å². The molecule has 0 atom stereocenters. The Bertz CT molecular complexity index is 1080. The number of carbonyl (C=O) groups excluding carboxylic acids is 1. The molecular formula is C23H15BrN2O2. The second-order valence-corrected chi connectivity index (χ2v) is 7.01. The Hall–Kier alpha value is -3.31. The number of hydrogen-bond donors (Lipinski definition) is 0. The first-order valence-corrected chi connectivity index (χ1v) is 9.46. The normalized spacial score (nSPS) is 10.5. The van der Waals surface area contributed by atoms with Crippen molar-refractivity contribution in [2.24, 2.45) is 0 Å². The van der Waals surface area contributed by atoms with Crippen molar-refractivity contribution in [2.75, 3.05) is 0 Å². The van der Waals surface area contributed by atoms with Gasteiger partial charge in [0.1, 0.15) is 0 Å². The van der Waals surface area contributed by atoms with Crippen molar-refractivity contribution in [1.29, 1.82) is 0 Å². The van der Waals surface area contributed by atoms with E-state index in [9.17, 15) is 4.79 Å². The molecule has 0 aliphatic rings. The highest BCUT2D eigenvalue weighted by Crippen LogP contribution is 2.24. The first-order chi connectivity index (χ1) is 13.7. The number of ether oxygens (including phenoxy) is 1. The van der Waals surface area contributed by atoms with E-state index < -0.39 is 5.97 Å². The van der Waals surface area contributed by atoms with Gasteiger partial charge in [0.25, 0.3) is 0 Å². The molecule has 0 unspecified atom stereocenters. The van der Waals surface area contributed by atoms with Gasteiger partial charge in [-0.15, -0.1) is 10.2 Å². The minimum Gasteiger partial charge on any atom is -0.402 e. The van der Waals surface area contributed by atoms with Gasteiger partial charge in [-0.1, -0.05) is 70.5 Å². The third-order valence-corrected chi connectivity index (χ3v) is 4.73. The lowest BCUT2D eigenvalue weighted by Crippen LogP contribution is -2.09. The average Bonchev–Trinajstić information content (AvgIpc) is 2.75. The predicted molar refractivity (Wildman–Crippen MR) is 112 cm³/mol. The van der Waals surface area contributed by atoms with Crippen LogP contribution in [0.3, 0.4) is 0 Å². The fourth-order valence-electron chi connectivity index (χ4n) is 2.73. The molecule has 0 spiro atoms. The van der Waals surface area contributed by atoms with Gasteiger partial charge in [0.15, 0.2) is 0 Å². The van der Waals surface area contributed by atoms with Crippen LogP contribution >= 0.6 is 15.9 Å². The third kappa shape index (κ3) is 4.15. The highest BCUT2D eigenvalue weighted by Gasteiger charge is 2.10. The van der Waals surface area contributed by atoms with Gasteiger partial charge in [-0.25, -0.2) is 4.79 Å². The zero-order chi connectivity index (χ0) is 19.3. The van der Waals surface area contributed by atoms with Crippen molar-refractivity contribution >= 4 is 21.9 Å². The molecule has 4 aromatic rings. The van der Waals surface area contributed by atoms with E-state index in [0.717, 1.165) is 21.2 Å². The molecular weight excluding hydrogens is 416 g/mol. The van der Waals surface area contributed by atoms with E-state index in [0.29, 0.717) is 11.3 Å². The molecule has 136 valence electrons. The molecule has 0 amide bonds. The van der Waals surface area contributed by atoms with Crippen LogP contribution in [0.5, 0.6) is 5.88 Å². The van der Waals surface area contributed by atoms with Crippen LogP contribution in [0.4, 0.5) is 0 Å². The monoisotopic (exact) mass is 430 g/mol. The lowest BCUT2D eigenvalue weighted by molar-refractivity contribution is 0.0726. The number of hydrogen-bond acceptors (Lipinski definition) is 4. The summed E-state index contributed by atoms with van der Waals surface area (Å²) in [5.74, 6) is -0.306. The largest absolute Gasteiger partial charge is 0.402 e. The van der Waals surface area contributed by atoms with E-state index in [1.807, 2.05) is 42.5 Å². The van der Waals surface area contributed by atoms with Gasteiger partial charge in [0.05, 0.1) is 11.3 Å². The standard InChI is InChI=1S/C23H15BrN2O2/c24-20-12-10-19(11-13-20)23(27)28-22-15-14-21(25-26-22)18-8-6-17(7-9-18)16-4-2-1-3-5-16/h1-15H. The van der Waals surface area contributed by atoms with Crippen LogP contribution in [0.2, 0.25) is 0 Å². The molecule has 1 heterocycles. The van der Waals surface area contributed by atoms with E-state index in [1.54, 1.807) is 36.4 Å². The molecule has 5 heteroatoms. The molecule has 0 aliphatic heterocycles. The molecule has 4 nitrogen and oxygen atoms in total. The van der Waals surface area contributed by atoms with E-state index in [2.05, 4.69) is 38.3 Å². The maximum atomic E-state index is 12.1. The maximum absolute atomic E-state index is 12.1. The molecule has 0 bridgehead atoms. The minimum absolute atomic E-state index is 0.164. The summed E-state index contributed by atoms with van der Waals surface area (Å²) in [6.07, 6.45) is 0. The van der Waals surface area contributed by atoms with E-state index in [4.69, 9.17) is 4.74 Å². The summed E-state index contributed by atoms with van der Waals surface area (Å²) < 4.78 is 6.18. The summed E-state index contributed by atoms with van der Waals surface area (Å²) >= 11 is 3.33. The minimum atomic E-state index is -0.471. The number of benzene rings is 3. The molecule has 0 radical (unpaired) electrons. The average molecular weight is 431 g/mol. The van der Waals surface area contributed by atoms with Crippen LogP contribution in [0.1, 0.15) is 10.4 Å². The highest BCUT2D eigenvalue weighted by atomic mass is 79.9. The lowest BCUT2D eigenvalue weighted by atomic mass is 10.0. The van der Waals surface area contributed by atoms with Crippen LogP contribution in [0.25, 0.3) is 22.4 Å². The van der Waals surface area contributed by atoms with Crippen LogP contribution in [-0.2, 0) is 0 Å². The van der Waals surface area contributed by atoms with Gasteiger partial charge in [0.2, 0.25) is 5.88 Å². The Morgan fingerprint density at radius 3 is 1.96 bits per heavy atom. The molecule has 0 N–H and O–H groups in total. The van der Waals surface area contributed by atoms with E-state index in [1.165, 1.54) is 0 Å². The van der Waals surface area contributed by atoms with Crippen LogP contribution in [0.15, 0.2) is 95.5 Å². The molecule has 4 rings (SSSR count). The number of esters is 1.